The molecule has 0 aliphatic rings. The molecule has 0 aliphatic carbocycles. The van der Waals surface area contributed by atoms with Gasteiger partial charge in [-0.15, -0.1) is 0 Å². The number of alkyl halides is 3. The number of imidazole rings is 1. The van der Waals surface area contributed by atoms with Crippen LogP contribution < -0.4 is 0 Å². The molecule has 1 aromatic carbocycles. The van der Waals surface area contributed by atoms with Crippen LogP contribution in [0.2, 0.25) is 5.02 Å². The predicted octanol–water partition coefficient (Wildman–Crippen LogP) is 4.22. The summed E-state index contributed by atoms with van der Waals surface area (Å²) >= 11 is 6.05. The molecule has 0 amide bonds. The van der Waals surface area contributed by atoms with Crippen molar-refractivity contribution in [3.8, 4) is 11.4 Å². The van der Waals surface area contributed by atoms with Crippen molar-refractivity contribution in [1.82, 2.24) is 14.5 Å². The number of aromatic nitrogens is 3. The van der Waals surface area contributed by atoms with Gasteiger partial charge in [0.1, 0.15) is 11.3 Å². The van der Waals surface area contributed by atoms with Gasteiger partial charge in [0.05, 0.1) is 15.5 Å². The van der Waals surface area contributed by atoms with Gasteiger partial charge in [-0.1, -0.05) is 11.6 Å². The molecule has 0 atom stereocenters. The number of pyridine rings is 1. The lowest BCUT2D eigenvalue weighted by atomic mass is 10.2. The molecule has 0 saturated heterocycles. The van der Waals surface area contributed by atoms with Crippen molar-refractivity contribution >= 4 is 28.5 Å². The summed E-state index contributed by atoms with van der Waals surface area (Å²) in [5.74, 6) is 0.261. The van der Waals surface area contributed by atoms with Crippen molar-refractivity contribution in [2.75, 3.05) is 0 Å². The van der Waals surface area contributed by atoms with E-state index in [0.29, 0.717) is 5.56 Å². The molecule has 3 rings (SSSR count). The Morgan fingerprint density at radius 2 is 2.00 bits per heavy atom. The number of nitro groups is 1. The third-order valence-corrected chi connectivity index (χ3v) is 3.75. The molecule has 24 heavy (non-hydrogen) atoms. The maximum absolute atomic E-state index is 12.8. The van der Waals surface area contributed by atoms with Gasteiger partial charge < -0.3 is 4.57 Å². The van der Waals surface area contributed by atoms with Gasteiger partial charge in [-0.25, -0.2) is 9.97 Å². The van der Waals surface area contributed by atoms with Crippen LogP contribution in [0.25, 0.3) is 22.6 Å². The topological polar surface area (TPSA) is 73.8 Å². The highest BCUT2D eigenvalue weighted by atomic mass is 35.5. The summed E-state index contributed by atoms with van der Waals surface area (Å²) < 4.78 is 39.8. The number of hydrogen-bond donors (Lipinski definition) is 0. The molecule has 124 valence electrons. The molecule has 0 saturated carbocycles. The van der Waals surface area contributed by atoms with Gasteiger partial charge in [-0.2, -0.15) is 13.2 Å². The number of benzene rings is 1. The molecule has 0 bridgehead atoms. The predicted molar refractivity (Wildman–Crippen MR) is 80.6 cm³/mol. The fourth-order valence-corrected chi connectivity index (χ4v) is 2.53. The van der Waals surface area contributed by atoms with Crippen LogP contribution in [-0.4, -0.2) is 19.5 Å². The normalized spacial score (nSPS) is 11.9. The lowest BCUT2D eigenvalue weighted by Crippen LogP contribution is -2.05. The summed E-state index contributed by atoms with van der Waals surface area (Å²) in [6.45, 7) is 0. The molecule has 2 aromatic heterocycles. The van der Waals surface area contributed by atoms with E-state index in [1.807, 2.05) is 0 Å². The van der Waals surface area contributed by atoms with Crippen molar-refractivity contribution in [3.05, 3.63) is 51.2 Å². The number of nitro benzene ring substituents is 1. The molecule has 6 nitrogen and oxygen atoms in total. The number of nitrogens with zero attached hydrogens (tertiary/aromatic N) is 4. The maximum Gasteiger partial charge on any atom is 0.417 e. The highest BCUT2D eigenvalue weighted by Gasteiger charge is 2.31. The summed E-state index contributed by atoms with van der Waals surface area (Å²) in [5, 5.41) is 10.8. The summed E-state index contributed by atoms with van der Waals surface area (Å²) in [6.07, 6.45) is -3.80. The van der Waals surface area contributed by atoms with E-state index < -0.39 is 16.7 Å². The summed E-state index contributed by atoms with van der Waals surface area (Å²) in [5.41, 5.74) is -0.449. The Balaban J connectivity index is 2.17. The number of rotatable bonds is 2. The third-order valence-electron chi connectivity index (χ3n) is 3.44. The molecule has 0 spiro atoms. The van der Waals surface area contributed by atoms with Crippen LogP contribution in [0, 0.1) is 10.1 Å². The Labute approximate surface area is 137 Å². The number of non-ortho nitro benzene ring substituents is 1. The zero-order valence-electron chi connectivity index (χ0n) is 12.0. The average Bonchev–Trinajstić information content (AvgIpc) is 2.82. The van der Waals surface area contributed by atoms with Gasteiger partial charge >= 0.3 is 6.18 Å². The van der Waals surface area contributed by atoms with Gasteiger partial charge in [-0.05, 0) is 12.1 Å². The van der Waals surface area contributed by atoms with E-state index in [9.17, 15) is 23.3 Å². The Morgan fingerprint density at radius 1 is 1.29 bits per heavy atom. The Kier molecular flexibility index (Phi) is 3.67. The van der Waals surface area contributed by atoms with Crippen LogP contribution in [0.4, 0.5) is 18.9 Å². The number of halogens is 4. The molecule has 0 unspecified atom stereocenters. The molecule has 0 fully saturated rings. The number of aryl methyl sites for hydroxylation is 1. The van der Waals surface area contributed by atoms with Gasteiger partial charge in [0.15, 0.2) is 5.65 Å². The van der Waals surface area contributed by atoms with Gasteiger partial charge in [0, 0.05) is 30.9 Å². The van der Waals surface area contributed by atoms with Gasteiger partial charge in [-0.3, -0.25) is 10.1 Å². The molecule has 2 heterocycles. The van der Waals surface area contributed by atoms with Crippen molar-refractivity contribution in [1.29, 1.82) is 0 Å². The van der Waals surface area contributed by atoms with Crippen molar-refractivity contribution < 1.29 is 18.1 Å². The summed E-state index contributed by atoms with van der Waals surface area (Å²) in [7, 11) is 1.57. The highest BCUT2D eigenvalue weighted by Crippen LogP contribution is 2.34. The number of fused-ring (bicyclic) bond motifs is 1. The highest BCUT2D eigenvalue weighted by molar-refractivity contribution is 6.33. The minimum Gasteiger partial charge on any atom is -0.312 e. The van der Waals surface area contributed by atoms with Crippen LogP contribution in [0.1, 0.15) is 5.56 Å². The lowest BCUT2D eigenvalue weighted by Gasteiger charge is -2.05. The zero-order chi connectivity index (χ0) is 17.6. The zero-order valence-corrected chi connectivity index (χ0v) is 12.8. The molecule has 0 N–H and O–H groups in total. The smallest absolute Gasteiger partial charge is 0.312 e. The van der Waals surface area contributed by atoms with E-state index in [1.165, 1.54) is 16.7 Å². The Bertz CT molecular complexity index is 969. The van der Waals surface area contributed by atoms with E-state index in [2.05, 4.69) is 9.97 Å². The van der Waals surface area contributed by atoms with Crippen molar-refractivity contribution in [3.63, 3.8) is 0 Å². The van der Waals surface area contributed by atoms with Gasteiger partial charge in [0.2, 0.25) is 0 Å². The van der Waals surface area contributed by atoms with Crippen LogP contribution in [0.5, 0.6) is 0 Å². The van der Waals surface area contributed by atoms with E-state index in [1.54, 1.807) is 7.05 Å². The summed E-state index contributed by atoms with van der Waals surface area (Å²) in [4.78, 5) is 18.1. The first-order chi connectivity index (χ1) is 11.2. The Hall–Kier alpha value is -2.68. The van der Waals surface area contributed by atoms with E-state index in [0.717, 1.165) is 18.3 Å². The van der Waals surface area contributed by atoms with Gasteiger partial charge in [0.25, 0.3) is 5.69 Å². The standard InChI is InChI=1S/C14H8ClF3N4O2/c1-21-12(9-3-2-8(22(23)24)5-10(9)15)20-11-4-7(14(16,17)18)6-19-13(11)21/h2-6H,1H3. The summed E-state index contributed by atoms with van der Waals surface area (Å²) in [6, 6.07) is 4.69. The molecular formula is C14H8ClF3N4O2. The molecular weight excluding hydrogens is 349 g/mol. The second-order valence-electron chi connectivity index (χ2n) is 4.98. The SMILES string of the molecule is Cn1c(-c2ccc([N+](=O)[O-])cc2Cl)nc2cc(C(F)(F)F)cnc21. The lowest BCUT2D eigenvalue weighted by molar-refractivity contribution is -0.384. The average molecular weight is 357 g/mol. The first kappa shape index (κ1) is 16.2. The quantitative estimate of drug-likeness (QED) is 0.509. The fraction of sp³-hybridized carbons (Fsp3) is 0.143. The second kappa shape index (κ2) is 5.45. The molecule has 10 heteroatoms. The van der Waals surface area contributed by atoms with Crippen LogP contribution in [0.15, 0.2) is 30.5 Å². The van der Waals surface area contributed by atoms with Crippen LogP contribution in [0.3, 0.4) is 0 Å². The van der Waals surface area contributed by atoms with Crippen LogP contribution >= 0.6 is 11.6 Å². The molecule has 3 aromatic rings. The Morgan fingerprint density at radius 3 is 2.58 bits per heavy atom. The fourth-order valence-electron chi connectivity index (χ4n) is 2.27. The van der Waals surface area contributed by atoms with Crippen molar-refractivity contribution in [2.24, 2.45) is 7.05 Å². The second-order valence-corrected chi connectivity index (χ2v) is 5.39. The largest absolute Gasteiger partial charge is 0.417 e. The minimum atomic E-state index is -4.52. The first-order valence-electron chi connectivity index (χ1n) is 6.52. The van der Waals surface area contributed by atoms with E-state index in [4.69, 9.17) is 11.6 Å². The van der Waals surface area contributed by atoms with Crippen molar-refractivity contribution in [2.45, 2.75) is 6.18 Å². The number of hydrogen-bond acceptors (Lipinski definition) is 4. The minimum absolute atomic E-state index is 0.0525. The van der Waals surface area contributed by atoms with E-state index >= 15 is 0 Å². The van der Waals surface area contributed by atoms with Crippen LogP contribution in [-0.2, 0) is 13.2 Å². The van der Waals surface area contributed by atoms with E-state index in [-0.39, 0.29) is 27.7 Å². The maximum atomic E-state index is 12.8. The monoisotopic (exact) mass is 356 g/mol. The third kappa shape index (κ3) is 2.67. The molecule has 0 radical (unpaired) electrons. The first-order valence-corrected chi connectivity index (χ1v) is 6.90. The molecule has 0 aliphatic heterocycles.